The van der Waals surface area contributed by atoms with Crippen LogP contribution in [0, 0.1) is 13.8 Å². The summed E-state index contributed by atoms with van der Waals surface area (Å²) in [5, 5.41) is 3.54. The molecular formula is C40H58O8. The number of ether oxygens (including phenoxy) is 6. The Hall–Kier alpha value is -3.36. The molecule has 0 heterocycles. The van der Waals surface area contributed by atoms with E-state index in [0.717, 1.165) is 84.0 Å². The molecule has 48 heavy (non-hydrogen) atoms. The first kappa shape index (κ1) is 39.1. The monoisotopic (exact) mass is 666 g/mol. The van der Waals surface area contributed by atoms with Crippen LogP contribution >= 0.6 is 0 Å². The van der Waals surface area contributed by atoms with Crippen molar-refractivity contribution in [3.63, 3.8) is 0 Å². The summed E-state index contributed by atoms with van der Waals surface area (Å²) in [4.78, 5) is 25.2. The molecule has 0 N–H and O–H groups in total. The van der Waals surface area contributed by atoms with Gasteiger partial charge in [0, 0.05) is 47.6 Å². The molecule has 3 aromatic rings. The Bertz CT molecular complexity index is 1310. The van der Waals surface area contributed by atoms with Crippen molar-refractivity contribution in [3.8, 4) is 11.5 Å². The van der Waals surface area contributed by atoms with Gasteiger partial charge in [-0.15, -0.1) is 0 Å². The van der Waals surface area contributed by atoms with Crippen molar-refractivity contribution < 1.29 is 38.0 Å². The van der Waals surface area contributed by atoms with Crippen LogP contribution in [0.2, 0.25) is 0 Å². The molecule has 8 nitrogen and oxygen atoms in total. The summed E-state index contributed by atoms with van der Waals surface area (Å²) in [7, 11) is 0. The fraction of sp³-hybridized carbons (Fsp3) is 0.600. The first-order chi connectivity index (χ1) is 23.3. The highest BCUT2D eigenvalue weighted by Gasteiger charge is 2.23. The lowest BCUT2D eigenvalue weighted by Gasteiger charge is -2.23. The SMILES string of the molecule is CCCCOCC(COc1c2ccc(C)cc2c(OCC(COCCCC)OC(=O)CCCC)c2ccc(C)cc12)OC(=O)CCCC. The summed E-state index contributed by atoms with van der Waals surface area (Å²) in [6, 6.07) is 12.4. The third-order valence-electron chi connectivity index (χ3n) is 8.11. The lowest BCUT2D eigenvalue weighted by molar-refractivity contribution is -0.155. The first-order valence-corrected chi connectivity index (χ1v) is 18.1. The zero-order chi connectivity index (χ0) is 34.7. The fourth-order valence-corrected chi connectivity index (χ4v) is 5.33. The predicted octanol–water partition coefficient (Wildman–Crippen LogP) is 9.20. The summed E-state index contributed by atoms with van der Waals surface area (Å²) in [6.45, 7) is 14.5. The molecule has 0 amide bonds. The molecule has 0 fully saturated rings. The predicted molar refractivity (Wildman–Crippen MR) is 192 cm³/mol. The Morgan fingerprint density at radius 3 is 1.31 bits per heavy atom. The lowest BCUT2D eigenvalue weighted by atomic mass is 9.97. The molecule has 0 radical (unpaired) electrons. The van der Waals surface area contributed by atoms with E-state index in [0.29, 0.717) is 37.6 Å². The topological polar surface area (TPSA) is 89.5 Å². The van der Waals surface area contributed by atoms with E-state index >= 15 is 0 Å². The molecule has 0 saturated carbocycles. The van der Waals surface area contributed by atoms with Crippen molar-refractivity contribution in [1.82, 2.24) is 0 Å². The van der Waals surface area contributed by atoms with E-state index in [1.807, 2.05) is 26.0 Å². The number of hydrogen-bond acceptors (Lipinski definition) is 8. The van der Waals surface area contributed by atoms with Crippen molar-refractivity contribution >= 4 is 33.5 Å². The van der Waals surface area contributed by atoms with Crippen molar-refractivity contribution in [1.29, 1.82) is 0 Å². The van der Waals surface area contributed by atoms with Gasteiger partial charge in [-0.3, -0.25) is 9.59 Å². The van der Waals surface area contributed by atoms with E-state index in [2.05, 4.69) is 52.0 Å². The van der Waals surface area contributed by atoms with Crippen LogP contribution in [-0.2, 0) is 28.5 Å². The maximum Gasteiger partial charge on any atom is 0.306 e. The molecule has 8 heteroatoms. The maximum absolute atomic E-state index is 12.6. The number of carbonyl (C=O) groups excluding carboxylic acids is 2. The normalized spacial score (nSPS) is 12.6. The Morgan fingerprint density at radius 1 is 0.542 bits per heavy atom. The molecule has 3 aromatic carbocycles. The van der Waals surface area contributed by atoms with Gasteiger partial charge in [0.1, 0.15) is 24.7 Å². The second kappa shape index (κ2) is 21.6. The van der Waals surface area contributed by atoms with Crippen molar-refractivity contribution in [3.05, 3.63) is 47.5 Å². The van der Waals surface area contributed by atoms with Gasteiger partial charge in [-0.2, -0.15) is 0 Å². The lowest BCUT2D eigenvalue weighted by Crippen LogP contribution is -2.30. The van der Waals surface area contributed by atoms with Crippen molar-refractivity contribution in [2.75, 3.05) is 39.6 Å². The summed E-state index contributed by atoms with van der Waals surface area (Å²) >= 11 is 0. The molecule has 2 atom stereocenters. The minimum absolute atomic E-state index is 0.154. The van der Waals surface area contributed by atoms with Gasteiger partial charge in [-0.05, 0) is 51.7 Å². The maximum atomic E-state index is 12.6. The summed E-state index contributed by atoms with van der Waals surface area (Å²) in [6.07, 6.45) is 6.99. The fourth-order valence-electron chi connectivity index (χ4n) is 5.33. The number of fused-ring (bicyclic) bond motifs is 2. The number of rotatable bonds is 24. The first-order valence-electron chi connectivity index (χ1n) is 18.1. The second-order valence-corrected chi connectivity index (χ2v) is 12.7. The van der Waals surface area contributed by atoms with E-state index < -0.39 is 12.2 Å². The molecule has 0 aliphatic rings. The van der Waals surface area contributed by atoms with Gasteiger partial charge in [-0.1, -0.05) is 88.8 Å². The van der Waals surface area contributed by atoms with Gasteiger partial charge in [0.2, 0.25) is 0 Å². The van der Waals surface area contributed by atoms with E-state index in [1.165, 1.54) is 0 Å². The summed E-state index contributed by atoms with van der Waals surface area (Å²) in [5.74, 6) is 0.922. The molecule has 266 valence electrons. The highest BCUT2D eigenvalue weighted by Crippen LogP contribution is 2.43. The molecule has 0 spiro atoms. The molecule has 2 unspecified atom stereocenters. The molecule has 0 bridgehead atoms. The van der Waals surface area contributed by atoms with Crippen LogP contribution in [0.4, 0.5) is 0 Å². The van der Waals surface area contributed by atoms with E-state index in [-0.39, 0.29) is 38.4 Å². The standard InChI is InChI=1S/C40H58O8/c1-7-11-15-37(41)47-31(25-43-21-13-9-3)27-45-39-33-19-17-30(6)24-36(33)40(34-20-18-29(5)23-35(34)39)46-28-32(26-44-22-14-10-4)48-38(42)16-12-8-2/h17-20,23-24,31-32H,7-16,21-22,25-28H2,1-6H3. The Morgan fingerprint density at radius 2 is 0.938 bits per heavy atom. The van der Waals surface area contributed by atoms with Crippen LogP contribution in [0.15, 0.2) is 36.4 Å². The van der Waals surface area contributed by atoms with Crippen LogP contribution in [0.25, 0.3) is 21.5 Å². The Labute approximate surface area is 287 Å². The third-order valence-corrected chi connectivity index (χ3v) is 8.11. The minimum Gasteiger partial charge on any atom is -0.488 e. The zero-order valence-electron chi connectivity index (χ0n) is 30.2. The van der Waals surface area contributed by atoms with Gasteiger partial charge in [0.25, 0.3) is 0 Å². The zero-order valence-corrected chi connectivity index (χ0v) is 30.2. The van der Waals surface area contributed by atoms with Gasteiger partial charge in [-0.25, -0.2) is 0 Å². The van der Waals surface area contributed by atoms with Crippen LogP contribution in [0.3, 0.4) is 0 Å². The van der Waals surface area contributed by atoms with Crippen LogP contribution < -0.4 is 9.47 Å². The van der Waals surface area contributed by atoms with Crippen LogP contribution in [-0.4, -0.2) is 63.8 Å². The third kappa shape index (κ3) is 12.6. The average molecular weight is 667 g/mol. The number of carbonyl (C=O) groups is 2. The van der Waals surface area contributed by atoms with Gasteiger partial charge in [0.05, 0.1) is 13.2 Å². The van der Waals surface area contributed by atoms with E-state index in [4.69, 9.17) is 28.4 Å². The Balaban J connectivity index is 1.96. The van der Waals surface area contributed by atoms with E-state index in [9.17, 15) is 9.59 Å². The van der Waals surface area contributed by atoms with Gasteiger partial charge >= 0.3 is 11.9 Å². The summed E-state index contributed by atoms with van der Waals surface area (Å²) in [5.41, 5.74) is 2.14. The smallest absolute Gasteiger partial charge is 0.306 e. The van der Waals surface area contributed by atoms with Crippen LogP contribution in [0.1, 0.15) is 103 Å². The van der Waals surface area contributed by atoms with E-state index in [1.54, 1.807) is 0 Å². The van der Waals surface area contributed by atoms with Crippen LogP contribution in [0.5, 0.6) is 11.5 Å². The average Bonchev–Trinajstić information content (AvgIpc) is 3.07. The number of esters is 2. The largest absolute Gasteiger partial charge is 0.488 e. The van der Waals surface area contributed by atoms with Crippen molar-refractivity contribution in [2.45, 2.75) is 118 Å². The highest BCUT2D eigenvalue weighted by atomic mass is 16.6. The number of hydrogen-bond donors (Lipinski definition) is 0. The van der Waals surface area contributed by atoms with Gasteiger partial charge in [0.15, 0.2) is 12.2 Å². The minimum atomic E-state index is -0.543. The number of unbranched alkanes of at least 4 members (excludes halogenated alkanes) is 4. The molecular weight excluding hydrogens is 608 g/mol. The Kier molecular flexibility index (Phi) is 17.6. The molecule has 0 aliphatic carbocycles. The summed E-state index contributed by atoms with van der Waals surface area (Å²) < 4.78 is 36.6. The molecule has 0 saturated heterocycles. The molecule has 0 aliphatic heterocycles. The number of aryl methyl sites for hydroxylation is 2. The molecule has 0 aromatic heterocycles. The second-order valence-electron chi connectivity index (χ2n) is 12.7. The molecule has 3 rings (SSSR count). The van der Waals surface area contributed by atoms with Crippen molar-refractivity contribution in [2.24, 2.45) is 0 Å². The quantitative estimate of drug-likeness (QED) is 0.0531. The number of benzene rings is 3. The highest BCUT2D eigenvalue weighted by molar-refractivity contribution is 6.11. The van der Waals surface area contributed by atoms with Gasteiger partial charge < -0.3 is 28.4 Å².